The van der Waals surface area contributed by atoms with Gasteiger partial charge < -0.3 is 9.16 Å². The maximum atomic E-state index is 5.89. The van der Waals surface area contributed by atoms with Crippen molar-refractivity contribution < 1.29 is 9.16 Å². The molecule has 0 aromatic heterocycles. The smallest absolute Gasteiger partial charge is 0.196 e. The van der Waals surface area contributed by atoms with Crippen LogP contribution in [0.5, 0.6) is 0 Å². The summed E-state index contributed by atoms with van der Waals surface area (Å²) >= 11 is 0. The Morgan fingerprint density at radius 3 is 2.08 bits per heavy atom. The Labute approximate surface area is 83.1 Å². The highest BCUT2D eigenvalue weighted by atomic mass is 28.4. The van der Waals surface area contributed by atoms with E-state index in [4.69, 9.17) is 9.16 Å². The molecule has 78 valence electrons. The van der Waals surface area contributed by atoms with Crippen molar-refractivity contribution in [2.45, 2.75) is 52.1 Å². The van der Waals surface area contributed by atoms with E-state index in [0.717, 1.165) is 0 Å². The van der Waals surface area contributed by atoms with Crippen LogP contribution in [0.3, 0.4) is 0 Å². The van der Waals surface area contributed by atoms with Crippen molar-refractivity contribution >= 4 is 8.32 Å². The minimum atomic E-state index is -1.68. The second-order valence-electron chi connectivity index (χ2n) is 4.75. The molecule has 13 heavy (non-hydrogen) atoms. The number of rotatable bonds is 4. The zero-order chi connectivity index (χ0) is 10.7. The van der Waals surface area contributed by atoms with Crippen LogP contribution in [0.1, 0.15) is 27.7 Å². The fourth-order valence-corrected chi connectivity index (χ4v) is 1.99. The normalized spacial score (nSPS) is 15.2. The van der Waals surface area contributed by atoms with Crippen molar-refractivity contribution in [2.75, 3.05) is 0 Å². The van der Waals surface area contributed by atoms with E-state index in [1.807, 2.05) is 6.92 Å². The van der Waals surface area contributed by atoms with E-state index >= 15 is 0 Å². The van der Waals surface area contributed by atoms with Gasteiger partial charge in [0.05, 0.1) is 6.26 Å². The molecule has 0 bridgehead atoms. The lowest BCUT2D eigenvalue weighted by molar-refractivity contribution is -0.0236. The molecule has 3 heteroatoms. The summed E-state index contributed by atoms with van der Waals surface area (Å²) in [5.74, 6) is 0. The minimum Gasteiger partial charge on any atom is -0.474 e. The van der Waals surface area contributed by atoms with E-state index in [1.54, 1.807) is 0 Å². The Bertz CT molecular complexity index is 170. The zero-order valence-electron chi connectivity index (χ0n) is 9.68. The van der Waals surface area contributed by atoms with Crippen LogP contribution in [0.2, 0.25) is 18.1 Å². The molecule has 0 N–H and O–H groups in total. The predicted octanol–water partition coefficient (Wildman–Crippen LogP) is 3.51. The molecule has 0 rings (SSSR count). The summed E-state index contributed by atoms with van der Waals surface area (Å²) in [6, 6.07) is 0. The Kier molecular flexibility index (Phi) is 4.19. The van der Waals surface area contributed by atoms with Crippen LogP contribution in [0, 0.1) is 0 Å². The first-order valence-corrected chi connectivity index (χ1v) is 7.56. The van der Waals surface area contributed by atoms with Crippen LogP contribution < -0.4 is 0 Å². The third kappa shape index (κ3) is 3.96. The lowest BCUT2D eigenvalue weighted by Crippen LogP contribution is -2.43. The van der Waals surface area contributed by atoms with Crippen LogP contribution in [0.4, 0.5) is 0 Å². The summed E-state index contributed by atoms with van der Waals surface area (Å²) in [6.07, 6.45) is 1.25. The average Bonchev–Trinajstić information content (AvgIpc) is 1.83. The third-order valence-corrected chi connectivity index (χ3v) is 7.09. The Morgan fingerprint density at radius 2 is 1.77 bits per heavy atom. The molecule has 0 aliphatic rings. The quantitative estimate of drug-likeness (QED) is 0.394. The first-order valence-electron chi connectivity index (χ1n) is 4.65. The molecular formula is C10H22O2Si. The van der Waals surface area contributed by atoms with Crippen molar-refractivity contribution in [3.05, 3.63) is 12.8 Å². The van der Waals surface area contributed by atoms with E-state index in [0.29, 0.717) is 0 Å². The van der Waals surface area contributed by atoms with Gasteiger partial charge in [-0.2, -0.15) is 0 Å². The largest absolute Gasteiger partial charge is 0.474 e. The van der Waals surface area contributed by atoms with E-state index in [1.165, 1.54) is 6.26 Å². The van der Waals surface area contributed by atoms with Gasteiger partial charge in [0.15, 0.2) is 14.6 Å². The first kappa shape index (κ1) is 12.7. The molecular weight excluding hydrogens is 180 g/mol. The molecule has 0 aliphatic heterocycles. The highest BCUT2D eigenvalue weighted by molar-refractivity contribution is 6.74. The SMILES string of the molecule is C=COC(C)O[Si](C)(C)C(C)(C)C. The van der Waals surface area contributed by atoms with Crippen LogP contribution in [-0.2, 0) is 9.16 Å². The first-order chi connectivity index (χ1) is 5.70. The molecule has 1 unspecified atom stereocenters. The summed E-state index contributed by atoms with van der Waals surface area (Å²) in [6.45, 7) is 16.4. The van der Waals surface area contributed by atoms with Gasteiger partial charge in [0.25, 0.3) is 0 Å². The van der Waals surface area contributed by atoms with Crippen molar-refractivity contribution in [1.82, 2.24) is 0 Å². The van der Waals surface area contributed by atoms with E-state index in [2.05, 4.69) is 40.4 Å². The summed E-state index contributed by atoms with van der Waals surface area (Å²) in [5, 5.41) is 0.228. The summed E-state index contributed by atoms with van der Waals surface area (Å²) < 4.78 is 11.0. The second kappa shape index (κ2) is 4.29. The molecule has 2 nitrogen and oxygen atoms in total. The highest BCUT2D eigenvalue weighted by Gasteiger charge is 2.38. The molecule has 0 saturated heterocycles. The maximum Gasteiger partial charge on any atom is 0.196 e. The summed E-state index contributed by atoms with van der Waals surface area (Å²) in [4.78, 5) is 0. The Morgan fingerprint density at radius 1 is 1.31 bits per heavy atom. The Balaban J connectivity index is 4.24. The van der Waals surface area contributed by atoms with Crippen LogP contribution in [0.15, 0.2) is 12.8 Å². The molecule has 0 aromatic rings. The molecule has 0 aliphatic carbocycles. The van der Waals surface area contributed by atoms with Gasteiger partial charge in [0, 0.05) is 0 Å². The lowest BCUT2D eigenvalue weighted by Gasteiger charge is -2.37. The maximum absolute atomic E-state index is 5.89. The zero-order valence-corrected chi connectivity index (χ0v) is 10.7. The lowest BCUT2D eigenvalue weighted by atomic mass is 10.2. The summed E-state index contributed by atoms with van der Waals surface area (Å²) in [5.41, 5.74) is 0. The molecule has 0 spiro atoms. The van der Waals surface area contributed by atoms with E-state index in [-0.39, 0.29) is 11.3 Å². The van der Waals surface area contributed by atoms with Crippen molar-refractivity contribution in [2.24, 2.45) is 0 Å². The molecule has 1 atom stereocenters. The van der Waals surface area contributed by atoms with Crippen LogP contribution >= 0.6 is 0 Å². The minimum absolute atomic E-state index is 0.182. The topological polar surface area (TPSA) is 18.5 Å². The van der Waals surface area contributed by atoms with Gasteiger partial charge in [0.1, 0.15) is 0 Å². The van der Waals surface area contributed by atoms with Crippen LogP contribution in [0.25, 0.3) is 0 Å². The van der Waals surface area contributed by atoms with Crippen molar-refractivity contribution in [3.8, 4) is 0 Å². The fourth-order valence-electron chi connectivity index (χ4n) is 0.755. The second-order valence-corrected chi connectivity index (χ2v) is 9.50. The van der Waals surface area contributed by atoms with Gasteiger partial charge in [-0.05, 0) is 25.1 Å². The number of hydrogen-bond acceptors (Lipinski definition) is 2. The van der Waals surface area contributed by atoms with Gasteiger partial charge in [-0.25, -0.2) is 0 Å². The fraction of sp³-hybridized carbons (Fsp3) is 0.800. The monoisotopic (exact) mass is 202 g/mol. The van der Waals surface area contributed by atoms with Gasteiger partial charge in [0.2, 0.25) is 0 Å². The number of hydrogen-bond donors (Lipinski definition) is 0. The Hall–Kier alpha value is -0.283. The van der Waals surface area contributed by atoms with Gasteiger partial charge in [-0.1, -0.05) is 27.4 Å². The molecule has 0 aromatic carbocycles. The van der Waals surface area contributed by atoms with E-state index < -0.39 is 8.32 Å². The standard InChI is InChI=1S/C10H22O2Si/c1-8-11-9(2)12-13(6,7)10(3,4)5/h8-9H,1H2,2-7H3. The van der Waals surface area contributed by atoms with Crippen molar-refractivity contribution in [1.29, 1.82) is 0 Å². The molecule has 0 saturated carbocycles. The van der Waals surface area contributed by atoms with Crippen LogP contribution in [-0.4, -0.2) is 14.6 Å². The van der Waals surface area contributed by atoms with Gasteiger partial charge in [-0.3, -0.25) is 0 Å². The highest BCUT2D eigenvalue weighted by Crippen LogP contribution is 2.37. The average molecular weight is 202 g/mol. The number of ether oxygens (including phenoxy) is 1. The van der Waals surface area contributed by atoms with Crippen molar-refractivity contribution in [3.63, 3.8) is 0 Å². The third-order valence-electron chi connectivity index (χ3n) is 2.55. The summed E-state index contributed by atoms with van der Waals surface area (Å²) in [7, 11) is -1.68. The predicted molar refractivity (Wildman–Crippen MR) is 59.0 cm³/mol. The van der Waals surface area contributed by atoms with Gasteiger partial charge in [-0.15, -0.1) is 0 Å². The van der Waals surface area contributed by atoms with Gasteiger partial charge >= 0.3 is 0 Å². The van der Waals surface area contributed by atoms with E-state index in [9.17, 15) is 0 Å². The molecule has 0 heterocycles. The molecule has 0 radical (unpaired) electrons. The molecule has 0 fully saturated rings. The molecule has 0 amide bonds.